The summed E-state index contributed by atoms with van der Waals surface area (Å²) in [5.41, 5.74) is 0.617. The Kier molecular flexibility index (Phi) is 4.14. The Labute approximate surface area is 146 Å². The van der Waals surface area contributed by atoms with Gasteiger partial charge in [0.05, 0.1) is 5.69 Å². The van der Waals surface area contributed by atoms with Crippen LogP contribution in [0, 0.1) is 0 Å². The molecule has 1 aliphatic carbocycles. The fourth-order valence-corrected chi connectivity index (χ4v) is 3.13. The molecule has 0 saturated heterocycles. The molecule has 1 N–H and O–H groups in total. The second-order valence-electron chi connectivity index (χ2n) is 7.31. The van der Waals surface area contributed by atoms with Crippen molar-refractivity contribution in [3.05, 3.63) is 34.9 Å². The minimum Gasteiger partial charge on any atom is -0.507 e. The predicted octanol–water partition coefficient (Wildman–Crippen LogP) is 3.09. The highest BCUT2D eigenvalue weighted by molar-refractivity contribution is 6.33. The van der Waals surface area contributed by atoms with Gasteiger partial charge in [-0.1, -0.05) is 0 Å². The Morgan fingerprint density at radius 2 is 1.64 bits per heavy atom. The largest absolute Gasteiger partial charge is 0.507 e. The zero-order valence-corrected chi connectivity index (χ0v) is 14.6. The van der Waals surface area contributed by atoms with Crippen LogP contribution in [-0.2, 0) is 14.3 Å². The van der Waals surface area contributed by atoms with Gasteiger partial charge < -0.3 is 9.84 Å². The Morgan fingerprint density at radius 3 is 2.16 bits per heavy atom. The number of imide groups is 1. The Bertz CT molecular complexity index is 773. The van der Waals surface area contributed by atoms with Crippen LogP contribution < -0.4 is 4.90 Å². The van der Waals surface area contributed by atoms with Crippen molar-refractivity contribution >= 4 is 23.5 Å². The average Bonchev–Trinajstić information content (AvgIpc) is 2.78. The van der Waals surface area contributed by atoms with Crippen LogP contribution in [0.1, 0.15) is 56.8 Å². The summed E-state index contributed by atoms with van der Waals surface area (Å²) in [4.78, 5) is 38.6. The normalized spacial score (nSPS) is 17.8. The molecule has 6 heteroatoms. The molecule has 0 aromatic heterocycles. The second-order valence-corrected chi connectivity index (χ2v) is 7.31. The van der Waals surface area contributed by atoms with E-state index in [9.17, 15) is 19.5 Å². The molecule has 1 heterocycles. The molecule has 0 fully saturated rings. The number of carbonyl (C=O) groups is 3. The van der Waals surface area contributed by atoms with Crippen molar-refractivity contribution in [1.82, 2.24) is 0 Å². The molecule has 1 aromatic carbocycles. The van der Waals surface area contributed by atoms with Gasteiger partial charge in [0.15, 0.2) is 0 Å². The van der Waals surface area contributed by atoms with E-state index in [0.717, 1.165) is 17.7 Å². The summed E-state index contributed by atoms with van der Waals surface area (Å²) in [7, 11) is 0. The molecule has 3 rings (SSSR count). The van der Waals surface area contributed by atoms with E-state index in [1.807, 2.05) is 0 Å². The Balaban J connectivity index is 1.94. The number of hydrogen-bond donors (Lipinski definition) is 1. The monoisotopic (exact) mass is 343 g/mol. The van der Waals surface area contributed by atoms with E-state index in [-0.39, 0.29) is 28.8 Å². The third kappa shape index (κ3) is 3.16. The summed E-state index contributed by atoms with van der Waals surface area (Å²) in [6.07, 6.45) is 3.00. The summed E-state index contributed by atoms with van der Waals surface area (Å²) in [6, 6.07) is 4.08. The van der Waals surface area contributed by atoms with Gasteiger partial charge in [0.2, 0.25) is 0 Å². The van der Waals surface area contributed by atoms with Gasteiger partial charge in [-0.15, -0.1) is 0 Å². The SMILES string of the molecule is CC(C)(C)OC(=O)c1cc(N2C(=O)C3=C(CCCC3)C2=O)ccc1O. The fraction of sp³-hybridized carbons (Fsp3) is 0.421. The molecule has 2 aliphatic rings. The van der Waals surface area contributed by atoms with Crippen molar-refractivity contribution < 1.29 is 24.2 Å². The smallest absolute Gasteiger partial charge is 0.342 e. The van der Waals surface area contributed by atoms with Crippen LogP contribution in [-0.4, -0.2) is 28.5 Å². The number of anilines is 1. The molecule has 25 heavy (non-hydrogen) atoms. The van der Waals surface area contributed by atoms with Crippen LogP contribution in [0.5, 0.6) is 5.75 Å². The summed E-state index contributed by atoms with van der Waals surface area (Å²) >= 11 is 0. The van der Waals surface area contributed by atoms with Gasteiger partial charge in [0.25, 0.3) is 11.8 Å². The van der Waals surface area contributed by atoms with Gasteiger partial charge in [-0.25, -0.2) is 9.69 Å². The number of nitrogens with zero attached hydrogens (tertiary/aromatic N) is 1. The molecule has 0 unspecified atom stereocenters. The highest BCUT2D eigenvalue weighted by Gasteiger charge is 2.40. The zero-order valence-electron chi connectivity index (χ0n) is 14.6. The topological polar surface area (TPSA) is 83.9 Å². The number of ether oxygens (including phenoxy) is 1. The minimum absolute atomic E-state index is 0.0714. The molecule has 6 nitrogen and oxygen atoms in total. The van der Waals surface area contributed by atoms with Gasteiger partial charge in [0, 0.05) is 11.1 Å². The van der Waals surface area contributed by atoms with Gasteiger partial charge in [-0.05, 0) is 64.7 Å². The van der Waals surface area contributed by atoms with Gasteiger partial charge in [0.1, 0.15) is 16.9 Å². The third-order valence-corrected chi connectivity index (χ3v) is 4.25. The van der Waals surface area contributed by atoms with Crippen LogP contribution in [0.2, 0.25) is 0 Å². The summed E-state index contributed by atoms with van der Waals surface area (Å²) in [6.45, 7) is 5.16. The van der Waals surface area contributed by atoms with Crippen LogP contribution in [0.25, 0.3) is 0 Å². The van der Waals surface area contributed by atoms with Gasteiger partial charge >= 0.3 is 5.97 Å². The van der Waals surface area contributed by atoms with Crippen LogP contribution in [0.15, 0.2) is 29.3 Å². The van der Waals surface area contributed by atoms with E-state index in [2.05, 4.69) is 0 Å². The summed E-state index contributed by atoms with van der Waals surface area (Å²) in [5.74, 6) is -1.63. The number of carbonyl (C=O) groups excluding carboxylic acids is 3. The number of aromatic hydroxyl groups is 1. The number of benzene rings is 1. The maximum absolute atomic E-state index is 12.6. The molecule has 0 bridgehead atoms. The summed E-state index contributed by atoms with van der Waals surface area (Å²) in [5, 5.41) is 9.98. The fourth-order valence-electron chi connectivity index (χ4n) is 3.13. The van der Waals surface area contributed by atoms with E-state index >= 15 is 0 Å². The molecule has 0 atom stereocenters. The molecule has 0 spiro atoms. The van der Waals surface area contributed by atoms with E-state index in [1.165, 1.54) is 18.2 Å². The lowest BCUT2D eigenvalue weighted by molar-refractivity contribution is -0.120. The molecule has 2 amide bonds. The maximum atomic E-state index is 12.6. The maximum Gasteiger partial charge on any atom is 0.342 e. The average molecular weight is 343 g/mol. The molecular weight excluding hydrogens is 322 g/mol. The molecule has 1 aromatic rings. The first kappa shape index (κ1) is 17.2. The van der Waals surface area contributed by atoms with Crippen molar-refractivity contribution in [2.24, 2.45) is 0 Å². The second kappa shape index (κ2) is 6.02. The van der Waals surface area contributed by atoms with E-state index in [0.29, 0.717) is 24.0 Å². The van der Waals surface area contributed by atoms with Gasteiger partial charge in [-0.2, -0.15) is 0 Å². The molecule has 0 radical (unpaired) electrons. The lowest BCUT2D eigenvalue weighted by Gasteiger charge is -2.21. The highest BCUT2D eigenvalue weighted by atomic mass is 16.6. The number of amides is 2. The van der Waals surface area contributed by atoms with Crippen LogP contribution >= 0.6 is 0 Å². The number of rotatable bonds is 2. The number of phenolic OH excluding ortho intramolecular Hbond substituents is 1. The lowest BCUT2D eigenvalue weighted by atomic mass is 9.93. The van der Waals surface area contributed by atoms with Crippen LogP contribution in [0.3, 0.4) is 0 Å². The molecular formula is C19H21NO5. The standard InChI is InChI=1S/C19H21NO5/c1-19(2,3)25-18(24)14-10-11(8-9-15(14)21)20-16(22)12-6-4-5-7-13(12)17(20)23/h8-10,21H,4-7H2,1-3H3. The van der Waals surface area contributed by atoms with E-state index in [1.54, 1.807) is 20.8 Å². The first-order chi connectivity index (χ1) is 11.7. The first-order valence-corrected chi connectivity index (χ1v) is 8.36. The van der Waals surface area contributed by atoms with Crippen molar-refractivity contribution in [2.75, 3.05) is 4.90 Å². The first-order valence-electron chi connectivity index (χ1n) is 8.36. The quantitative estimate of drug-likeness (QED) is 0.659. The lowest BCUT2D eigenvalue weighted by Crippen LogP contribution is -2.31. The molecule has 0 saturated carbocycles. The van der Waals surface area contributed by atoms with E-state index < -0.39 is 11.6 Å². The van der Waals surface area contributed by atoms with Gasteiger partial charge in [-0.3, -0.25) is 9.59 Å². The minimum atomic E-state index is -0.723. The van der Waals surface area contributed by atoms with E-state index in [4.69, 9.17) is 4.74 Å². The van der Waals surface area contributed by atoms with Crippen molar-refractivity contribution in [1.29, 1.82) is 0 Å². The third-order valence-electron chi connectivity index (χ3n) is 4.25. The van der Waals surface area contributed by atoms with Crippen molar-refractivity contribution in [2.45, 2.75) is 52.1 Å². The van der Waals surface area contributed by atoms with Crippen LogP contribution in [0.4, 0.5) is 5.69 Å². The predicted molar refractivity (Wildman–Crippen MR) is 91.3 cm³/mol. The molecule has 1 aliphatic heterocycles. The molecule has 132 valence electrons. The number of hydrogen-bond acceptors (Lipinski definition) is 5. The van der Waals surface area contributed by atoms with Crippen molar-refractivity contribution in [3.63, 3.8) is 0 Å². The highest BCUT2D eigenvalue weighted by Crippen LogP contribution is 2.37. The number of phenols is 1. The number of esters is 1. The van der Waals surface area contributed by atoms with Crippen molar-refractivity contribution in [3.8, 4) is 5.75 Å². The Hall–Kier alpha value is -2.63. The Morgan fingerprint density at radius 1 is 1.08 bits per heavy atom. The summed E-state index contributed by atoms with van der Waals surface area (Å²) < 4.78 is 5.27. The zero-order chi connectivity index (χ0) is 18.4.